The van der Waals surface area contributed by atoms with Crippen molar-refractivity contribution in [1.29, 1.82) is 0 Å². The van der Waals surface area contributed by atoms with Gasteiger partial charge in [0.05, 0.1) is 0 Å². The second kappa shape index (κ2) is 7.43. The van der Waals surface area contributed by atoms with Gasteiger partial charge in [0, 0.05) is 26.2 Å². The first-order valence-corrected chi connectivity index (χ1v) is 8.35. The Balaban J connectivity index is 2.71. The van der Waals surface area contributed by atoms with E-state index in [0.717, 1.165) is 25.8 Å². The van der Waals surface area contributed by atoms with Gasteiger partial charge in [-0.15, -0.1) is 0 Å². The van der Waals surface area contributed by atoms with Gasteiger partial charge in [-0.05, 0) is 38.8 Å². The van der Waals surface area contributed by atoms with E-state index in [-0.39, 0.29) is 0 Å². The summed E-state index contributed by atoms with van der Waals surface area (Å²) in [6.07, 6.45) is 2.95. The standard InChI is InChI=1S/C12H27N3O2S/c1-4-8-14(5-2)18(16,17)15-9-6-7-12(11-15)10-13-3/h12-13H,4-11H2,1-3H3. The normalized spacial score (nSPS) is 22.6. The maximum Gasteiger partial charge on any atom is 0.281 e. The van der Waals surface area contributed by atoms with E-state index in [4.69, 9.17) is 0 Å². The first-order valence-electron chi connectivity index (χ1n) is 6.96. The van der Waals surface area contributed by atoms with E-state index in [1.54, 1.807) is 8.61 Å². The summed E-state index contributed by atoms with van der Waals surface area (Å²) in [6.45, 7) is 7.31. The summed E-state index contributed by atoms with van der Waals surface area (Å²) in [5, 5.41) is 3.14. The Kier molecular flexibility index (Phi) is 6.55. The van der Waals surface area contributed by atoms with Crippen molar-refractivity contribution in [1.82, 2.24) is 13.9 Å². The van der Waals surface area contributed by atoms with Crippen LogP contribution in [0.1, 0.15) is 33.1 Å². The van der Waals surface area contributed by atoms with Gasteiger partial charge in [-0.25, -0.2) is 0 Å². The average molecular weight is 277 g/mol. The van der Waals surface area contributed by atoms with Gasteiger partial charge in [-0.3, -0.25) is 0 Å². The largest absolute Gasteiger partial charge is 0.319 e. The molecular weight excluding hydrogens is 250 g/mol. The first kappa shape index (κ1) is 15.9. The SMILES string of the molecule is CCCN(CC)S(=O)(=O)N1CCCC(CNC)C1. The van der Waals surface area contributed by atoms with Crippen LogP contribution in [0.4, 0.5) is 0 Å². The van der Waals surface area contributed by atoms with Crippen LogP contribution in [-0.2, 0) is 10.2 Å². The Labute approximate surface area is 112 Å². The van der Waals surface area contributed by atoms with Crippen LogP contribution in [0.3, 0.4) is 0 Å². The molecule has 18 heavy (non-hydrogen) atoms. The van der Waals surface area contributed by atoms with E-state index >= 15 is 0 Å². The minimum Gasteiger partial charge on any atom is -0.319 e. The van der Waals surface area contributed by atoms with Crippen molar-refractivity contribution in [3.05, 3.63) is 0 Å². The average Bonchev–Trinajstić information content (AvgIpc) is 2.36. The Bertz CT molecular complexity index is 330. The van der Waals surface area contributed by atoms with Gasteiger partial charge in [-0.1, -0.05) is 13.8 Å². The van der Waals surface area contributed by atoms with Crippen LogP contribution in [0, 0.1) is 5.92 Å². The highest BCUT2D eigenvalue weighted by atomic mass is 32.2. The van der Waals surface area contributed by atoms with Gasteiger partial charge in [-0.2, -0.15) is 17.0 Å². The molecule has 1 heterocycles. The molecule has 1 atom stereocenters. The molecule has 0 spiro atoms. The van der Waals surface area contributed by atoms with Crippen LogP contribution < -0.4 is 5.32 Å². The van der Waals surface area contributed by atoms with Crippen LogP contribution in [-0.4, -0.2) is 56.8 Å². The predicted molar refractivity (Wildman–Crippen MR) is 74.7 cm³/mol. The van der Waals surface area contributed by atoms with Crippen molar-refractivity contribution in [3.63, 3.8) is 0 Å². The van der Waals surface area contributed by atoms with E-state index < -0.39 is 10.2 Å². The summed E-state index contributed by atoms with van der Waals surface area (Å²) in [6, 6.07) is 0. The molecular formula is C12H27N3O2S. The third kappa shape index (κ3) is 3.91. The quantitative estimate of drug-likeness (QED) is 0.752. The van der Waals surface area contributed by atoms with Gasteiger partial charge in [0.1, 0.15) is 0 Å². The minimum atomic E-state index is -3.25. The molecule has 0 aliphatic carbocycles. The summed E-state index contributed by atoms with van der Waals surface area (Å²) in [7, 11) is -1.33. The Morgan fingerprint density at radius 3 is 2.67 bits per heavy atom. The van der Waals surface area contributed by atoms with Crippen molar-refractivity contribution in [3.8, 4) is 0 Å². The molecule has 0 radical (unpaired) electrons. The topological polar surface area (TPSA) is 52.7 Å². The van der Waals surface area contributed by atoms with E-state index in [1.165, 1.54) is 0 Å². The lowest BCUT2D eigenvalue weighted by atomic mass is 10.00. The van der Waals surface area contributed by atoms with Gasteiger partial charge in [0.25, 0.3) is 10.2 Å². The Morgan fingerprint density at radius 1 is 1.39 bits per heavy atom. The molecule has 1 N–H and O–H groups in total. The number of nitrogens with one attached hydrogen (secondary N) is 1. The van der Waals surface area contributed by atoms with Gasteiger partial charge < -0.3 is 5.32 Å². The molecule has 1 rings (SSSR count). The predicted octanol–water partition coefficient (Wildman–Crippen LogP) is 0.895. The molecule has 0 amide bonds. The van der Waals surface area contributed by atoms with E-state index in [0.29, 0.717) is 32.1 Å². The molecule has 1 aliphatic heterocycles. The van der Waals surface area contributed by atoms with Crippen molar-refractivity contribution >= 4 is 10.2 Å². The minimum absolute atomic E-state index is 0.443. The second-order valence-electron chi connectivity index (χ2n) is 4.92. The molecule has 0 saturated carbocycles. The van der Waals surface area contributed by atoms with Crippen molar-refractivity contribution in [2.24, 2.45) is 5.92 Å². The summed E-state index contributed by atoms with van der Waals surface area (Å²) >= 11 is 0. The molecule has 1 unspecified atom stereocenters. The molecule has 1 aliphatic rings. The lowest BCUT2D eigenvalue weighted by molar-refractivity contribution is 0.245. The van der Waals surface area contributed by atoms with E-state index in [9.17, 15) is 8.42 Å². The Hall–Kier alpha value is -0.170. The number of nitrogens with zero attached hydrogens (tertiary/aromatic N) is 2. The maximum atomic E-state index is 12.5. The fraction of sp³-hybridized carbons (Fsp3) is 1.00. The smallest absolute Gasteiger partial charge is 0.281 e. The zero-order chi connectivity index (χ0) is 13.6. The summed E-state index contributed by atoms with van der Waals surface area (Å²) in [5.74, 6) is 0.443. The maximum absolute atomic E-state index is 12.5. The van der Waals surface area contributed by atoms with Gasteiger partial charge in [0.15, 0.2) is 0 Å². The number of rotatable bonds is 7. The van der Waals surface area contributed by atoms with Crippen molar-refractivity contribution < 1.29 is 8.42 Å². The third-order valence-electron chi connectivity index (χ3n) is 3.45. The van der Waals surface area contributed by atoms with E-state index in [1.807, 2.05) is 20.9 Å². The molecule has 0 bridgehead atoms. The fourth-order valence-electron chi connectivity index (χ4n) is 2.54. The highest BCUT2D eigenvalue weighted by Gasteiger charge is 2.32. The number of hydrogen-bond acceptors (Lipinski definition) is 3. The summed E-state index contributed by atoms with van der Waals surface area (Å²) in [5.41, 5.74) is 0. The zero-order valence-electron chi connectivity index (χ0n) is 11.9. The molecule has 1 saturated heterocycles. The van der Waals surface area contributed by atoms with Crippen molar-refractivity contribution in [2.75, 3.05) is 39.8 Å². The molecule has 0 aromatic rings. The van der Waals surface area contributed by atoms with Crippen LogP contribution in [0.5, 0.6) is 0 Å². The first-order chi connectivity index (χ1) is 8.56. The molecule has 0 aromatic carbocycles. The van der Waals surface area contributed by atoms with Crippen LogP contribution >= 0.6 is 0 Å². The van der Waals surface area contributed by atoms with Crippen molar-refractivity contribution in [2.45, 2.75) is 33.1 Å². The fourth-order valence-corrected chi connectivity index (χ4v) is 4.37. The zero-order valence-corrected chi connectivity index (χ0v) is 12.7. The van der Waals surface area contributed by atoms with Crippen LogP contribution in [0.2, 0.25) is 0 Å². The van der Waals surface area contributed by atoms with Gasteiger partial charge >= 0.3 is 0 Å². The molecule has 108 valence electrons. The highest BCUT2D eigenvalue weighted by molar-refractivity contribution is 7.86. The Morgan fingerprint density at radius 2 is 2.11 bits per heavy atom. The number of piperidine rings is 1. The third-order valence-corrected chi connectivity index (χ3v) is 5.53. The molecule has 0 aromatic heterocycles. The summed E-state index contributed by atoms with van der Waals surface area (Å²) in [4.78, 5) is 0. The van der Waals surface area contributed by atoms with Crippen LogP contribution in [0.25, 0.3) is 0 Å². The lowest BCUT2D eigenvalue weighted by Gasteiger charge is -2.35. The molecule has 6 heteroatoms. The lowest BCUT2D eigenvalue weighted by Crippen LogP contribution is -2.49. The van der Waals surface area contributed by atoms with Crippen LogP contribution in [0.15, 0.2) is 0 Å². The van der Waals surface area contributed by atoms with E-state index in [2.05, 4.69) is 5.32 Å². The molecule has 5 nitrogen and oxygen atoms in total. The summed E-state index contributed by atoms with van der Waals surface area (Å²) < 4.78 is 28.2. The molecule has 1 fully saturated rings. The number of hydrogen-bond donors (Lipinski definition) is 1. The van der Waals surface area contributed by atoms with Gasteiger partial charge in [0.2, 0.25) is 0 Å². The highest BCUT2D eigenvalue weighted by Crippen LogP contribution is 2.20. The second-order valence-corrected chi connectivity index (χ2v) is 6.85. The monoisotopic (exact) mass is 277 g/mol.